The van der Waals surface area contributed by atoms with Gasteiger partial charge in [-0.25, -0.2) is 9.37 Å². The largest absolute Gasteiger partial charge is 0.438 e. The highest BCUT2D eigenvalue weighted by Crippen LogP contribution is 2.34. The van der Waals surface area contributed by atoms with E-state index in [2.05, 4.69) is 20.9 Å². The molecule has 0 aliphatic carbocycles. The Balaban J connectivity index is 1.81. The fraction of sp³-hybridized carbons (Fsp3) is 0.333. The third-order valence-electron chi connectivity index (χ3n) is 5.67. The second-order valence-corrected chi connectivity index (χ2v) is 10.7. The van der Waals surface area contributed by atoms with Crippen molar-refractivity contribution in [1.82, 2.24) is 15.6 Å². The quantitative estimate of drug-likeness (QED) is 0.204. The summed E-state index contributed by atoms with van der Waals surface area (Å²) in [6.45, 7) is 5.54. The van der Waals surface area contributed by atoms with E-state index in [0.29, 0.717) is 29.3 Å². The van der Waals surface area contributed by atoms with Crippen molar-refractivity contribution in [3.8, 4) is 11.6 Å². The van der Waals surface area contributed by atoms with Gasteiger partial charge in [-0.05, 0) is 88.4 Å². The van der Waals surface area contributed by atoms with Crippen LogP contribution in [0.3, 0.4) is 0 Å². The third-order valence-corrected chi connectivity index (χ3v) is 7.28. The number of nitrogens with one attached hydrogen (secondary N) is 3. The molecule has 0 spiro atoms. The molecule has 0 aliphatic rings. The minimum atomic E-state index is -4.75. The molecule has 0 radical (unpaired) electrons. The molecule has 3 rings (SSSR count). The van der Waals surface area contributed by atoms with E-state index in [4.69, 9.17) is 4.74 Å². The molecule has 2 aromatic carbocycles. The number of ether oxygens (including phenoxy) is 1. The molecule has 0 bridgehead atoms. The lowest BCUT2D eigenvalue weighted by molar-refractivity contribution is -0.137. The molecular weight excluding hydrogens is 536 g/mol. The number of rotatable bonds is 12. The van der Waals surface area contributed by atoms with Gasteiger partial charge in [0.2, 0.25) is 5.88 Å². The minimum Gasteiger partial charge on any atom is -0.438 e. The first kappa shape index (κ1) is 30.2. The predicted molar refractivity (Wildman–Crippen MR) is 142 cm³/mol. The van der Waals surface area contributed by atoms with Crippen LogP contribution in [0.1, 0.15) is 34.8 Å². The van der Waals surface area contributed by atoms with Crippen molar-refractivity contribution in [2.24, 2.45) is 0 Å². The number of hydrogen-bond acceptors (Lipinski definition) is 6. The van der Waals surface area contributed by atoms with Crippen molar-refractivity contribution in [1.29, 1.82) is 0 Å². The summed E-state index contributed by atoms with van der Waals surface area (Å²) < 4.78 is 72.3. The Morgan fingerprint density at radius 3 is 2.59 bits per heavy atom. The first-order chi connectivity index (χ1) is 18.5. The normalized spacial score (nSPS) is 13.1. The lowest BCUT2D eigenvalue weighted by atomic mass is 10.1. The van der Waals surface area contributed by atoms with Gasteiger partial charge in [0.05, 0.1) is 16.4 Å². The van der Waals surface area contributed by atoms with E-state index >= 15 is 0 Å². The zero-order chi connectivity index (χ0) is 28.6. The van der Waals surface area contributed by atoms with Crippen molar-refractivity contribution >= 4 is 22.4 Å². The monoisotopic (exact) mass is 566 g/mol. The minimum absolute atomic E-state index is 0.128. The second-order valence-electron chi connectivity index (χ2n) is 8.84. The summed E-state index contributed by atoms with van der Waals surface area (Å²) in [7, 11) is 0.467. The maximum absolute atomic E-state index is 13.5. The Bertz CT molecular complexity index is 1320. The van der Waals surface area contributed by atoms with Crippen LogP contribution in [0.15, 0.2) is 59.6 Å². The van der Waals surface area contributed by atoms with Crippen LogP contribution in [0.2, 0.25) is 0 Å². The fourth-order valence-electron chi connectivity index (χ4n) is 3.58. The fourth-order valence-corrected chi connectivity index (χ4v) is 4.77. The molecule has 1 aromatic heterocycles. The highest BCUT2D eigenvalue weighted by atomic mass is 32.2. The topological polar surface area (TPSA) is 92.3 Å². The van der Waals surface area contributed by atoms with Crippen LogP contribution in [0, 0.1) is 12.7 Å². The van der Waals surface area contributed by atoms with Crippen LogP contribution >= 0.6 is 0 Å². The number of amides is 1. The van der Waals surface area contributed by atoms with Crippen molar-refractivity contribution in [2.45, 2.75) is 36.6 Å². The molecule has 3 aromatic rings. The van der Waals surface area contributed by atoms with E-state index in [1.807, 2.05) is 14.0 Å². The summed E-state index contributed by atoms with van der Waals surface area (Å²) in [5.41, 5.74) is -1.01. The maximum Gasteiger partial charge on any atom is 0.417 e. The number of pyridine rings is 1. The Hall–Kier alpha value is -3.35. The first-order valence-electron chi connectivity index (χ1n) is 12.2. The van der Waals surface area contributed by atoms with Gasteiger partial charge in [-0.2, -0.15) is 13.2 Å². The molecule has 0 aliphatic heterocycles. The number of alkyl halides is 3. The van der Waals surface area contributed by atoms with Gasteiger partial charge >= 0.3 is 6.18 Å². The zero-order valence-corrected chi connectivity index (χ0v) is 22.5. The zero-order valence-electron chi connectivity index (χ0n) is 21.7. The smallest absolute Gasteiger partial charge is 0.417 e. The van der Waals surface area contributed by atoms with Crippen molar-refractivity contribution in [3.05, 3.63) is 77.2 Å². The van der Waals surface area contributed by atoms with Crippen LogP contribution in [0.25, 0.3) is 0 Å². The number of aryl methyl sites for hydroxylation is 1. The van der Waals surface area contributed by atoms with E-state index in [9.17, 15) is 26.6 Å². The van der Waals surface area contributed by atoms with Gasteiger partial charge in [-0.1, -0.05) is 6.07 Å². The van der Waals surface area contributed by atoms with E-state index in [1.165, 1.54) is 24.3 Å². The average molecular weight is 567 g/mol. The number of anilines is 1. The summed E-state index contributed by atoms with van der Waals surface area (Å²) in [5.74, 6) is -1.68. The Labute approximate surface area is 226 Å². The highest BCUT2D eigenvalue weighted by Gasteiger charge is 2.33. The molecule has 1 heterocycles. The van der Waals surface area contributed by atoms with E-state index in [1.54, 1.807) is 19.1 Å². The molecule has 0 saturated carbocycles. The van der Waals surface area contributed by atoms with Gasteiger partial charge < -0.3 is 20.7 Å². The summed E-state index contributed by atoms with van der Waals surface area (Å²) in [4.78, 5) is 17.3. The van der Waals surface area contributed by atoms with Crippen molar-refractivity contribution in [2.75, 3.05) is 32.0 Å². The number of carbonyl (C=O) groups is 1. The number of carbonyl (C=O) groups excluding carboxylic acids is 1. The number of nitrogens with zero attached hydrogens (tertiary/aromatic N) is 1. The molecule has 12 heteroatoms. The van der Waals surface area contributed by atoms with E-state index in [0.717, 1.165) is 25.6 Å². The van der Waals surface area contributed by atoms with Gasteiger partial charge in [-0.15, -0.1) is 0 Å². The SMILES string of the molecule is CNCCCNC[C@@H](C)[S@@](=O)c1cccc(NC(=O)c2cc(C(F)(F)F)cnc2Oc2ccc(F)cc2C)c1. The third kappa shape index (κ3) is 8.57. The maximum atomic E-state index is 13.5. The lowest BCUT2D eigenvalue weighted by Gasteiger charge is -2.15. The van der Waals surface area contributed by atoms with E-state index < -0.39 is 39.8 Å². The Morgan fingerprint density at radius 2 is 1.90 bits per heavy atom. The molecule has 1 amide bonds. The Kier molecular flexibility index (Phi) is 10.6. The molecule has 3 N–H and O–H groups in total. The van der Waals surface area contributed by atoms with Gasteiger partial charge in [0.25, 0.3) is 5.91 Å². The molecule has 0 fully saturated rings. The highest BCUT2D eigenvalue weighted by molar-refractivity contribution is 7.85. The lowest BCUT2D eigenvalue weighted by Crippen LogP contribution is -2.30. The average Bonchev–Trinajstić information content (AvgIpc) is 2.89. The van der Waals surface area contributed by atoms with Gasteiger partial charge in [0.1, 0.15) is 17.1 Å². The Morgan fingerprint density at radius 1 is 1.13 bits per heavy atom. The number of benzene rings is 2. The van der Waals surface area contributed by atoms with Crippen LogP contribution in [0.4, 0.5) is 23.2 Å². The molecule has 0 unspecified atom stereocenters. The van der Waals surface area contributed by atoms with Gasteiger partial charge in [0, 0.05) is 28.6 Å². The van der Waals surface area contributed by atoms with Crippen LogP contribution in [-0.4, -0.2) is 47.0 Å². The molecule has 0 saturated heterocycles. The van der Waals surface area contributed by atoms with Crippen molar-refractivity contribution < 1.29 is 31.3 Å². The summed E-state index contributed by atoms with van der Waals surface area (Å²) in [6.07, 6.45) is -3.27. The molecule has 7 nitrogen and oxygen atoms in total. The number of aromatic nitrogens is 1. The van der Waals surface area contributed by atoms with Crippen molar-refractivity contribution in [3.63, 3.8) is 0 Å². The van der Waals surface area contributed by atoms with Crippen LogP contribution < -0.4 is 20.7 Å². The molecule has 2 atom stereocenters. The first-order valence-corrected chi connectivity index (χ1v) is 13.4. The predicted octanol–water partition coefficient (Wildman–Crippen LogP) is 5.29. The number of hydrogen-bond donors (Lipinski definition) is 3. The summed E-state index contributed by atoms with van der Waals surface area (Å²) in [6, 6.07) is 10.5. The standard InChI is InChI=1S/C27H30F4N4O3S/c1-17-12-20(28)8-9-24(17)38-26-23(13-19(16-34-26)27(29,30)31)25(36)35-21-6-4-7-22(14-21)39(37)18(2)15-33-11-5-10-32-3/h4,6-9,12-14,16,18,32-33H,5,10-11,15H2,1-3H3,(H,35,36)/t18-,39-/m1/s1. The second kappa shape index (κ2) is 13.6. The van der Waals surface area contributed by atoms with Crippen LogP contribution in [0.5, 0.6) is 11.6 Å². The summed E-state index contributed by atoms with van der Waals surface area (Å²) in [5, 5.41) is 8.62. The summed E-state index contributed by atoms with van der Waals surface area (Å²) >= 11 is 0. The van der Waals surface area contributed by atoms with Crippen LogP contribution in [-0.2, 0) is 17.0 Å². The van der Waals surface area contributed by atoms with Gasteiger partial charge in [-0.3, -0.25) is 9.00 Å². The number of halogens is 4. The molecular formula is C27H30F4N4O3S. The molecule has 39 heavy (non-hydrogen) atoms. The van der Waals surface area contributed by atoms with E-state index in [-0.39, 0.29) is 22.6 Å². The molecule has 210 valence electrons. The van der Waals surface area contributed by atoms with Gasteiger partial charge in [0.15, 0.2) is 0 Å².